The van der Waals surface area contributed by atoms with Crippen LogP contribution in [0.25, 0.3) is 5.82 Å². The van der Waals surface area contributed by atoms with Gasteiger partial charge in [0.1, 0.15) is 23.7 Å². The summed E-state index contributed by atoms with van der Waals surface area (Å²) in [5.74, 6) is 1.78. The quantitative estimate of drug-likeness (QED) is 0.609. The fourth-order valence-corrected chi connectivity index (χ4v) is 3.61. The minimum absolute atomic E-state index is 0.0406. The summed E-state index contributed by atoms with van der Waals surface area (Å²) < 4.78 is 7.48. The molecule has 0 spiro atoms. The van der Waals surface area contributed by atoms with Crippen molar-refractivity contribution in [3.8, 4) is 17.6 Å². The maximum atomic E-state index is 12.5. The summed E-state index contributed by atoms with van der Waals surface area (Å²) in [6, 6.07) is 8.53. The van der Waals surface area contributed by atoms with E-state index in [1.54, 1.807) is 24.4 Å². The molecule has 3 aromatic rings. The van der Waals surface area contributed by atoms with Crippen LogP contribution < -0.4 is 15.2 Å². The molecule has 4 heterocycles. The molecule has 1 aliphatic rings. The molecule has 0 radical (unpaired) electrons. The topological polar surface area (TPSA) is 96.9 Å². The molecule has 1 fully saturated rings. The van der Waals surface area contributed by atoms with Crippen LogP contribution in [0.1, 0.15) is 37.3 Å². The lowest BCUT2D eigenvalue weighted by Crippen LogP contribution is -2.39. The highest BCUT2D eigenvalue weighted by Crippen LogP contribution is 2.21. The minimum atomic E-state index is -0.229. The molecule has 31 heavy (non-hydrogen) atoms. The monoisotopic (exact) mass is 416 g/mol. The van der Waals surface area contributed by atoms with Gasteiger partial charge in [-0.1, -0.05) is 13.3 Å². The fraction of sp³-hybridized carbons (Fsp3) is 0.348. The molecule has 4 rings (SSSR count). The Labute approximate surface area is 180 Å². The van der Waals surface area contributed by atoms with Gasteiger partial charge in [0.2, 0.25) is 5.95 Å². The number of nitriles is 1. The Balaban J connectivity index is 1.35. The summed E-state index contributed by atoms with van der Waals surface area (Å²) in [5.41, 5.74) is 1.38. The average Bonchev–Trinajstić information content (AvgIpc) is 2.81. The first-order valence-electron chi connectivity index (χ1n) is 10.5. The van der Waals surface area contributed by atoms with Crippen molar-refractivity contribution in [1.82, 2.24) is 19.5 Å². The van der Waals surface area contributed by atoms with Crippen molar-refractivity contribution in [2.75, 3.05) is 18.0 Å². The molecule has 0 aliphatic carbocycles. The second-order valence-corrected chi connectivity index (χ2v) is 7.53. The predicted octanol–water partition coefficient (Wildman–Crippen LogP) is 2.89. The van der Waals surface area contributed by atoms with Gasteiger partial charge in [0.25, 0.3) is 5.56 Å². The van der Waals surface area contributed by atoms with Crippen molar-refractivity contribution in [1.29, 1.82) is 5.26 Å². The van der Waals surface area contributed by atoms with Crippen molar-refractivity contribution in [2.45, 2.75) is 38.7 Å². The second kappa shape index (κ2) is 9.39. The van der Waals surface area contributed by atoms with Gasteiger partial charge in [-0.25, -0.2) is 15.0 Å². The summed E-state index contributed by atoms with van der Waals surface area (Å²) >= 11 is 0. The second-order valence-electron chi connectivity index (χ2n) is 7.53. The lowest BCUT2D eigenvalue weighted by molar-refractivity contribution is 0.170. The zero-order valence-electron chi connectivity index (χ0n) is 17.4. The number of nitrogens with zero attached hydrogens (tertiary/aromatic N) is 6. The summed E-state index contributed by atoms with van der Waals surface area (Å²) in [4.78, 5) is 27.8. The van der Waals surface area contributed by atoms with E-state index in [1.165, 1.54) is 16.8 Å². The average molecular weight is 416 g/mol. The minimum Gasteiger partial charge on any atom is -0.490 e. The van der Waals surface area contributed by atoms with Gasteiger partial charge < -0.3 is 9.64 Å². The number of aryl methyl sites for hydroxylation is 1. The van der Waals surface area contributed by atoms with Crippen molar-refractivity contribution in [2.24, 2.45) is 0 Å². The van der Waals surface area contributed by atoms with Crippen LogP contribution >= 0.6 is 0 Å². The van der Waals surface area contributed by atoms with Crippen LogP contribution in [-0.4, -0.2) is 38.7 Å². The first-order valence-corrected chi connectivity index (χ1v) is 10.5. The zero-order valence-corrected chi connectivity index (χ0v) is 17.4. The Hall–Kier alpha value is -3.73. The number of hydrogen-bond donors (Lipinski definition) is 0. The molecule has 3 aromatic heterocycles. The van der Waals surface area contributed by atoms with Gasteiger partial charge in [-0.05, 0) is 30.2 Å². The lowest BCUT2D eigenvalue weighted by atomic mass is 10.1. The van der Waals surface area contributed by atoms with E-state index in [-0.39, 0.29) is 11.7 Å². The van der Waals surface area contributed by atoms with Gasteiger partial charge in [-0.15, -0.1) is 0 Å². The van der Waals surface area contributed by atoms with Crippen LogP contribution in [-0.2, 0) is 6.42 Å². The third kappa shape index (κ3) is 4.89. The van der Waals surface area contributed by atoms with Crippen molar-refractivity contribution in [3.05, 3.63) is 70.5 Å². The van der Waals surface area contributed by atoms with Crippen molar-refractivity contribution >= 4 is 5.95 Å². The predicted molar refractivity (Wildman–Crippen MR) is 116 cm³/mol. The Morgan fingerprint density at radius 1 is 1.13 bits per heavy atom. The normalized spacial score (nSPS) is 14.3. The van der Waals surface area contributed by atoms with Crippen LogP contribution in [0.3, 0.4) is 0 Å². The molecule has 0 aromatic carbocycles. The maximum absolute atomic E-state index is 12.5. The SMILES string of the molecule is CCCc1cnc(N2CCC(Oc3ccn(-c4ccc(C#N)cn4)c(=O)c3)CC2)nc1. The largest absolute Gasteiger partial charge is 0.490 e. The van der Waals surface area contributed by atoms with Gasteiger partial charge in [0, 0.05) is 56.8 Å². The lowest BCUT2D eigenvalue weighted by Gasteiger charge is -2.32. The molecule has 0 bridgehead atoms. The number of ether oxygens (including phenoxy) is 1. The molecule has 1 aliphatic heterocycles. The first-order chi connectivity index (χ1) is 15.2. The summed E-state index contributed by atoms with van der Waals surface area (Å²) in [6.07, 6.45) is 10.7. The molecular formula is C23H24N6O2. The molecule has 8 nitrogen and oxygen atoms in total. The van der Waals surface area contributed by atoms with Gasteiger partial charge in [-0.3, -0.25) is 9.36 Å². The summed E-state index contributed by atoms with van der Waals surface area (Å²) in [5, 5.41) is 8.87. The molecule has 0 saturated carbocycles. The van der Waals surface area contributed by atoms with E-state index in [0.29, 0.717) is 17.1 Å². The smallest absolute Gasteiger partial charge is 0.259 e. The molecule has 0 amide bonds. The van der Waals surface area contributed by atoms with E-state index in [1.807, 2.05) is 18.5 Å². The van der Waals surface area contributed by atoms with Crippen LogP contribution in [0.4, 0.5) is 5.95 Å². The molecule has 0 atom stereocenters. The number of anilines is 1. The Kier molecular flexibility index (Phi) is 6.22. The third-order valence-corrected chi connectivity index (χ3v) is 5.27. The Morgan fingerprint density at radius 2 is 1.90 bits per heavy atom. The molecule has 8 heteroatoms. The van der Waals surface area contributed by atoms with Crippen molar-refractivity contribution < 1.29 is 4.74 Å². The van der Waals surface area contributed by atoms with Gasteiger partial charge >= 0.3 is 0 Å². The Bertz CT molecular complexity index is 1110. The highest BCUT2D eigenvalue weighted by atomic mass is 16.5. The molecule has 1 saturated heterocycles. The van der Waals surface area contributed by atoms with Crippen LogP contribution in [0.15, 0.2) is 53.8 Å². The molecule has 158 valence electrons. The highest BCUT2D eigenvalue weighted by Gasteiger charge is 2.22. The zero-order chi connectivity index (χ0) is 21.6. The highest BCUT2D eigenvalue weighted by molar-refractivity contribution is 5.34. The van der Waals surface area contributed by atoms with E-state index in [0.717, 1.165) is 50.3 Å². The molecular weight excluding hydrogens is 392 g/mol. The molecule has 0 N–H and O–H groups in total. The number of rotatable bonds is 6. The van der Waals surface area contributed by atoms with Crippen molar-refractivity contribution in [3.63, 3.8) is 0 Å². The third-order valence-electron chi connectivity index (χ3n) is 5.27. The maximum Gasteiger partial charge on any atom is 0.259 e. The molecule has 0 unspecified atom stereocenters. The standard InChI is InChI=1S/C23H24N6O2/c1-2-3-18-15-26-23(27-16-18)28-9-6-19(7-10-28)31-20-8-11-29(22(30)12-20)21-5-4-17(13-24)14-25-21/h4-5,8,11-12,14-16,19H,2-3,6-7,9-10H2,1H3. The van der Waals surface area contributed by atoms with E-state index in [9.17, 15) is 4.79 Å². The van der Waals surface area contributed by atoms with E-state index in [2.05, 4.69) is 26.8 Å². The van der Waals surface area contributed by atoms with Crippen LogP contribution in [0, 0.1) is 11.3 Å². The fourth-order valence-electron chi connectivity index (χ4n) is 3.61. The summed E-state index contributed by atoms with van der Waals surface area (Å²) in [6.45, 7) is 3.76. The Morgan fingerprint density at radius 3 is 2.52 bits per heavy atom. The summed E-state index contributed by atoms with van der Waals surface area (Å²) in [7, 11) is 0. The number of piperidine rings is 1. The van der Waals surface area contributed by atoms with Crippen LogP contribution in [0.5, 0.6) is 5.75 Å². The van der Waals surface area contributed by atoms with E-state index in [4.69, 9.17) is 10.00 Å². The number of pyridine rings is 2. The van der Waals surface area contributed by atoms with E-state index >= 15 is 0 Å². The number of aromatic nitrogens is 4. The van der Waals surface area contributed by atoms with E-state index < -0.39 is 0 Å². The van der Waals surface area contributed by atoms with Crippen LogP contribution in [0.2, 0.25) is 0 Å². The van der Waals surface area contributed by atoms with Gasteiger partial charge in [-0.2, -0.15) is 5.26 Å². The first kappa shape index (κ1) is 20.5. The van der Waals surface area contributed by atoms with Gasteiger partial charge in [0.15, 0.2) is 0 Å². The van der Waals surface area contributed by atoms with Gasteiger partial charge in [0.05, 0.1) is 5.56 Å². The number of hydrogen-bond acceptors (Lipinski definition) is 7.